The van der Waals surface area contributed by atoms with Crippen LogP contribution in [-0.2, 0) is 9.59 Å². The molecule has 2 rings (SSSR count). The van der Waals surface area contributed by atoms with Crippen LogP contribution in [0.5, 0.6) is 5.75 Å². The number of nitrogens with zero attached hydrogens (tertiary/aromatic N) is 1. The summed E-state index contributed by atoms with van der Waals surface area (Å²) in [7, 11) is 1.32. The number of amides is 1. The van der Waals surface area contributed by atoms with Gasteiger partial charge < -0.3 is 15.2 Å². The van der Waals surface area contributed by atoms with E-state index in [0.717, 1.165) is 17.7 Å². The quantitative estimate of drug-likeness (QED) is 0.270. The number of carbonyl (C=O) groups is 2. The van der Waals surface area contributed by atoms with Crippen LogP contribution >= 0.6 is 0 Å². The molecule has 0 spiro atoms. The van der Waals surface area contributed by atoms with Gasteiger partial charge in [-0.3, -0.25) is 19.7 Å². The van der Waals surface area contributed by atoms with Crippen molar-refractivity contribution in [1.29, 1.82) is 0 Å². The number of aliphatic hydroxyl groups is 1. The molecule has 0 aliphatic rings. The van der Waals surface area contributed by atoms with Crippen molar-refractivity contribution in [3.05, 3.63) is 69.8 Å². The molecule has 0 saturated carbocycles. The zero-order chi connectivity index (χ0) is 19.3. The fourth-order valence-corrected chi connectivity index (χ4v) is 2.09. The molecule has 0 aliphatic carbocycles. The van der Waals surface area contributed by atoms with Crippen LogP contribution in [0.2, 0.25) is 0 Å². The minimum atomic E-state index is -1.07. The second-order valence-corrected chi connectivity index (χ2v) is 5.36. The van der Waals surface area contributed by atoms with Gasteiger partial charge in [0, 0.05) is 23.8 Å². The maximum atomic E-state index is 12.0. The molecule has 26 heavy (non-hydrogen) atoms. The number of nitrogens with one attached hydrogen (secondary N) is 1. The first-order chi connectivity index (χ1) is 12.3. The zero-order valence-corrected chi connectivity index (χ0v) is 14.1. The van der Waals surface area contributed by atoms with Crippen LogP contribution in [0.4, 0.5) is 11.4 Å². The van der Waals surface area contributed by atoms with Crippen LogP contribution in [0.15, 0.2) is 48.5 Å². The first-order valence-corrected chi connectivity index (χ1v) is 7.47. The Morgan fingerprint density at radius 1 is 1.19 bits per heavy atom. The highest BCUT2D eigenvalue weighted by Crippen LogP contribution is 2.28. The molecule has 0 aromatic heterocycles. The van der Waals surface area contributed by atoms with Crippen molar-refractivity contribution < 1.29 is 24.4 Å². The van der Waals surface area contributed by atoms with Gasteiger partial charge >= 0.3 is 0 Å². The Hall–Kier alpha value is -3.68. The van der Waals surface area contributed by atoms with Crippen molar-refractivity contribution in [2.45, 2.75) is 6.92 Å². The minimum absolute atomic E-state index is 0.0247. The van der Waals surface area contributed by atoms with Gasteiger partial charge in [0.25, 0.3) is 11.6 Å². The largest absolute Gasteiger partial charge is 0.507 e. The first-order valence-electron chi connectivity index (χ1n) is 7.47. The van der Waals surface area contributed by atoms with Crippen LogP contribution in [0, 0.1) is 17.0 Å². The molecule has 0 unspecified atom stereocenters. The smallest absolute Gasteiger partial charge is 0.296 e. The predicted octanol–water partition coefficient (Wildman–Crippen LogP) is 3.02. The van der Waals surface area contributed by atoms with E-state index in [2.05, 4.69) is 5.32 Å². The summed E-state index contributed by atoms with van der Waals surface area (Å²) in [6, 6.07) is 10.3. The fourth-order valence-electron chi connectivity index (χ4n) is 2.09. The Labute approximate surface area is 148 Å². The number of benzene rings is 2. The van der Waals surface area contributed by atoms with E-state index in [9.17, 15) is 24.8 Å². The number of aryl methyl sites for hydroxylation is 1. The maximum Gasteiger partial charge on any atom is 0.296 e. The van der Waals surface area contributed by atoms with E-state index in [1.807, 2.05) is 6.92 Å². The van der Waals surface area contributed by atoms with Crippen molar-refractivity contribution in [2.24, 2.45) is 0 Å². The third kappa shape index (κ3) is 4.44. The van der Waals surface area contributed by atoms with Gasteiger partial charge in [0.15, 0.2) is 0 Å². The van der Waals surface area contributed by atoms with E-state index < -0.39 is 16.6 Å². The lowest BCUT2D eigenvalue weighted by atomic mass is 10.1. The Bertz CT molecular complexity index is 887. The summed E-state index contributed by atoms with van der Waals surface area (Å²) in [5.74, 6) is -2.29. The highest BCUT2D eigenvalue weighted by Gasteiger charge is 2.18. The summed E-state index contributed by atoms with van der Waals surface area (Å²) >= 11 is 0. The summed E-state index contributed by atoms with van der Waals surface area (Å²) < 4.78 is 5.01. The number of hydrogen-bond donors (Lipinski definition) is 2. The second-order valence-electron chi connectivity index (χ2n) is 5.36. The standard InChI is InChI=1S/C18H16N2O6/c1-11-3-5-12(6-4-11)15(21)10-16(22)18(23)19-14-9-13(20(24)25)7-8-17(14)26-2/h3-10,21H,1-2H3,(H,19,23)/b15-10-. The summed E-state index contributed by atoms with van der Waals surface area (Å²) in [6.45, 7) is 1.87. The monoisotopic (exact) mass is 356 g/mol. The molecule has 8 heteroatoms. The van der Waals surface area contributed by atoms with Crippen molar-refractivity contribution in [1.82, 2.24) is 0 Å². The number of hydrogen-bond acceptors (Lipinski definition) is 6. The van der Waals surface area contributed by atoms with Crippen LogP contribution < -0.4 is 10.1 Å². The zero-order valence-electron chi connectivity index (χ0n) is 14.1. The molecular formula is C18H16N2O6. The molecule has 2 aromatic rings. The number of nitro benzene ring substituents is 1. The SMILES string of the molecule is COc1ccc([N+](=O)[O-])cc1NC(=O)C(=O)/C=C(\O)c1ccc(C)cc1. The Balaban J connectivity index is 2.20. The van der Waals surface area contributed by atoms with Gasteiger partial charge in [-0.2, -0.15) is 0 Å². The number of methoxy groups -OCH3 is 1. The van der Waals surface area contributed by atoms with E-state index in [-0.39, 0.29) is 22.9 Å². The average Bonchev–Trinajstić information content (AvgIpc) is 2.61. The van der Waals surface area contributed by atoms with E-state index in [1.165, 1.54) is 19.2 Å². The van der Waals surface area contributed by atoms with Gasteiger partial charge in [0.05, 0.1) is 17.7 Å². The summed E-state index contributed by atoms with van der Waals surface area (Å²) in [5.41, 5.74) is 1.06. The fraction of sp³-hybridized carbons (Fsp3) is 0.111. The van der Waals surface area contributed by atoms with Crippen LogP contribution in [-0.4, -0.2) is 28.8 Å². The molecule has 0 atom stereocenters. The van der Waals surface area contributed by atoms with E-state index in [0.29, 0.717) is 5.56 Å². The van der Waals surface area contributed by atoms with Gasteiger partial charge in [-0.15, -0.1) is 0 Å². The van der Waals surface area contributed by atoms with Crippen LogP contribution in [0.3, 0.4) is 0 Å². The number of ketones is 1. The van der Waals surface area contributed by atoms with Crippen molar-refractivity contribution >= 4 is 28.8 Å². The van der Waals surface area contributed by atoms with Gasteiger partial charge in [-0.25, -0.2) is 0 Å². The minimum Gasteiger partial charge on any atom is -0.507 e. The van der Waals surface area contributed by atoms with E-state index >= 15 is 0 Å². The highest BCUT2D eigenvalue weighted by molar-refractivity contribution is 6.45. The van der Waals surface area contributed by atoms with Crippen LogP contribution in [0.25, 0.3) is 5.76 Å². The lowest BCUT2D eigenvalue weighted by Crippen LogP contribution is -2.21. The van der Waals surface area contributed by atoms with Gasteiger partial charge in [-0.1, -0.05) is 29.8 Å². The number of nitro groups is 1. The van der Waals surface area contributed by atoms with Gasteiger partial charge in [-0.05, 0) is 13.0 Å². The van der Waals surface area contributed by atoms with Crippen molar-refractivity contribution in [3.8, 4) is 5.75 Å². The Morgan fingerprint density at radius 3 is 2.42 bits per heavy atom. The number of rotatable bonds is 6. The van der Waals surface area contributed by atoms with Gasteiger partial charge in [0.1, 0.15) is 11.5 Å². The van der Waals surface area contributed by atoms with Gasteiger partial charge in [0.2, 0.25) is 5.78 Å². The Kier molecular flexibility index (Phi) is 5.69. The van der Waals surface area contributed by atoms with Crippen molar-refractivity contribution in [3.63, 3.8) is 0 Å². The molecule has 0 saturated heterocycles. The highest BCUT2D eigenvalue weighted by atomic mass is 16.6. The molecule has 0 heterocycles. The molecule has 0 radical (unpaired) electrons. The summed E-state index contributed by atoms with van der Waals surface area (Å²) in [6.07, 6.45) is 0.782. The molecule has 8 nitrogen and oxygen atoms in total. The predicted molar refractivity (Wildman–Crippen MR) is 95.1 cm³/mol. The molecule has 2 N–H and O–H groups in total. The molecule has 0 bridgehead atoms. The van der Waals surface area contributed by atoms with Crippen LogP contribution in [0.1, 0.15) is 11.1 Å². The second kappa shape index (κ2) is 7.93. The lowest BCUT2D eigenvalue weighted by Gasteiger charge is -2.09. The topological polar surface area (TPSA) is 119 Å². The molecule has 1 amide bonds. The summed E-state index contributed by atoms with van der Waals surface area (Å²) in [4.78, 5) is 34.2. The average molecular weight is 356 g/mol. The number of ether oxygens (including phenoxy) is 1. The normalized spacial score (nSPS) is 10.9. The van der Waals surface area contributed by atoms with E-state index in [4.69, 9.17) is 4.74 Å². The number of aliphatic hydroxyl groups excluding tert-OH is 1. The number of non-ortho nitro benzene ring substituents is 1. The number of carbonyl (C=O) groups excluding carboxylic acids is 2. The molecule has 0 fully saturated rings. The molecule has 2 aromatic carbocycles. The molecule has 0 aliphatic heterocycles. The molecular weight excluding hydrogens is 340 g/mol. The third-order valence-electron chi connectivity index (χ3n) is 3.48. The number of anilines is 1. The third-order valence-corrected chi connectivity index (χ3v) is 3.48. The molecule has 134 valence electrons. The summed E-state index contributed by atoms with van der Waals surface area (Å²) in [5, 5.41) is 23.1. The first kappa shape index (κ1) is 18.7. The Morgan fingerprint density at radius 2 is 1.85 bits per heavy atom. The lowest BCUT2D eigenvalue weighted by molar-refractivity contribution is -0.384. The van der Waals surface area contributed by atoms with Crippen molar-refractivity contribution in [2.75, 3.05) is 12.4 Å². The maximum absolute atomic E-state index is 12.0. The van der Waals surface area contributed by atoms with E-state index in [1.54, 1.807) is 24.3 Å².